The molecule has 1 aliphatic heterocycles. The van der Waals surface area contributed by atoms with Gasteiger partial charge in [-0.3, -0.25) is 4.90 Å². The van der Waals surface area contributed by atoms with Crippen molar-refractivity contribution in [2.75, 3.05) is 13.1 Å². The van der Waals surface area contributed by atoms with Crippen LogP contribution in [-0.2, 0) is 6.54 Å². The molecule has 0 aromatic heterocycles. The summed E-state index contributed by atoms with van der Waals surface area (Å²) in [6.07, 6.45) is 1.26. The molecule has 1 heterocycles. The molecule has 2 heteroatoms. The van der Waals surface area contributed by atoms with E-state index in [-0.39, 0.29) is 0 Å². The standard InChI is InChI=1S/C19H22BrN/c1-15-13-21(14-16-5-3-2-4-6-16)12-11-19(15)17-7-9-18(20)10-8-17/h2-10,15,19H,11-14H2,1H3/t15-,19+/m1/s1. The van der Waals surface area contributed by atoms with E-state index in [1.807, 2.05) is 0 Å². The lowest BCUT2D eigenvalue weighted by Crippen LogP contribution is -2.37. The summed E-state index contributed by atoms with van der Waals surface area (Å²) in [4.78, 5) is 2.59. The molecule has 2 aromatic rings. The van der Waals surface area contributed by atoms with Gasteiger partial charge in [0.1, 0.15) is 0 Å². The van der Waals surface area contributed by atoms with Crippen molar-refractivity contribution in [2.24, 2.45) is 5.92 Å². The van der Waals surface area contributed by atoms with Crippen LogP contribution in [0.5, 0.6) is 0 Å². The van der Waals surface area contributed by atoms with E-state index in [4.69, 9.17) is 0 Å². The van der Waals surface area contributed by atoms with E-state index in [9.17, 15) is 0 Å². The minimum atomic E-state index is 0.699. The normalized spacial score (nSPS) is 23.1. The molecule has 110 valence electrons. The van der Waals surface area contributed by atoms with E-state index >= 15 is 0 Å². The Morgan fingerprint density at radius 1 is 1.05 bits per heavy atom. The number of rotatable bonds is 3. The van der Waals surface area contributed by atoms with Gasteiger partial charge in [-0.05, 0) is 48.1 Å². The smallest absolute Gasteiger partial charge is 0.0233 e. The monoisotopic (exact) mass is 343 g/mol. The third-order valence-corrected chi connectivity index (χ3v) is 5.07. The summed E-state index contributed by atoms with van der Waals surface area (Å²) in [7, 11) is 0. The zero-order valence-electron chi connectivity index (χ0n) is 12.5. The highest BCUT2D eigenvalue weighted by atomic mass is 79.9. The molecule has 0 N–H and O–H groups in total. The van der Waals surface area contributed by atoms with Crippen molar-refractivity contribution in [3.63, 3.8) is 0 Å². The molecule has 0 amide bonds. The lowest BCUT2D eigenvalue weighted by atomic mass is 9.81. The van der Waals surface area contributed by atoms with Crippen LogP contribution in [0.3, 0.4) is 0 Å². The molecule has 21 heavy (non-hydrogen) atoms. The van der Waals surface area contributed by atoms with Gasteiger partial charge in [0.2, 0.25) is 0 Å². The summed E-state index contributed by atoms with van der Waals surface area (Å²) < 4.78 is 1.17. The molecule has 0 unspecified atom stereocenters. The Morgan fingerprint density at radius 3 is 2.43 bits per heavy atom. The van der Waals surface area contributed by atoms with Crippen LogP contribution in [-0.4, -0.2) is 18.0 Å². The quantitative estimate of drug-likeness (QED) is 0.751. The molecule has 0 bridgehead atoms. The molecule has 1 aliphatic rings. The fraction of sp³-hybridized carbons (Fsp3) is 0.368. The summed E-state index contributed by atoms with van der Waals surface area (Å²) in [6, 6.07) is 19.7. The Bertz CT molecular complexity index is 564. The second-order valence-corrected chi connectivity index (χ2v) is 7.06. The zero-order chi connectivity index (χ0) is 14.7. The van der Waals surface area contributed by atoms with Crippen LogP contribution in [0.25, 0.3) is 0 Å². The Morgan fingerprint density at radius 2 is 1.76 bits per heavy atom. The van der Waals surface area contributed by atoms with Crippen LogP contribution < -0.4 is 0 Å². The molecular weight excluding hydrogens is 322 g/mol. The van der Waals surface area contributed by atoms with Crippen LogP contribution in [0.2, 0.25) is 0 Å². The third-order valence-electron chi connectivity index (χ3n) is 4.54. The van der Waals surface area contributed by atoms with E-state index in [1.54, 1.807) is 0 Å². The van der Waals surface area contributed by atoms with Crippen molar-refractivity contribution in [3.05, 3.63) is 70.2 Å². The van der Waals surface area contributed by atoms with Crippen LogP contribution in [0, 0.1) is 5.92 Å². The lowest BCUT2D eigenvalue weighted by Gasteiger charge is -2.37. The van der Waals surface area contributed by atoms with Gasteiger partial charge in [0, 0.05) is 17.6 Å². The van der Waals surface area contributed by atoms with Gasteiger partial charge in [0.25, 0.3) is 0 Å². The maximum atomic E-state index is 3.52. The molecule has 0 radical (unpaired) electrons. The van der Waals surface area contributed by atoms with E-state index in [0.717, 1.165) is 6.54 Å². The topological polar surface area (TPSA) is 3.24 Å². The second kappa shape index (κ2) is 6.76. The van der Waals surface area contributed by atoms with Crippen molar-refractivity contribution in [1.29, 1.82) is 0 Å². The predicted molar refractivity (Wildman–Crippen MR) is 92.4 cm³/mol. The summed E-state index contributed by atoms with van der Waals surface area (Å²) >= 11 is 3.52. The fourth-order valence-electron chi connectivity index (χ4n) is 3.42. The van der Waals surface area contributed by atoms with Crippen LogP contribution in [0.4, 0.5) is 0 Å². The van der Waals surface area contributed by atoms with Gasteiger partial charge in [0.15, 0.2) is 0 Å². The van der Waals surface area contributed by atoms with Crippen LogP contribution in [0.1, 0.15) is 30.4 Å². The van der Waals surface area contributed by atoms with Gasteiger partial charge in [-0.25, -0.2) is 0 Å². The van der Waals surface area contributed by atoms with Crippen molar-refractivity contribution >= 4 is 15.9 Å². The number of likely N-dealkylation sites (tertiary alicyclic amines) is 1. The van der Waals surface area contributed by atoms with E-state index in [2.05, 4.69) is 82.4 Å². The van der Waals surface area contributed by atoms with Crippen molar-refractivity contribution in [3.8, 4) is 0 Å². The first-order valence-corrected chi connectivity index (χ1v) is 8.53. The Labute approximate surface area is 136 Å². The van der Waals surface area contributed by atoms with Gasteiger partial charge in [-0.15, -0.1) is 0 Å². The number of piperidine rings is 1. The first-order chi connectivity index (χ1) is 10.2. The van der Waals surface area contributed by atoms with E-state index in [1.165, 1.54) is 35.1 Å². The highest BCUT2D eigenvalue weighted by Crippen LogP contribution is 2.33. The van der Waals surface area contributed by atoms with Crippen molar-refractivity contribution in [2.45, 2.75) is 25.8 Å². The molecular formula is C19H22BrN. The zero-order valence-corrected chi connectivity index (χ0v) is 14.1. The number of halogens is 1. The van der Waals surface area contributed by atoms with Crippen molar-refractivity contribution < 1.29 is 0 Å². The Balaban J connectivity index is 1.63. The second-order valence-electron chi connectivity index (χ2n) is 6.14. The molecule has 0 saturated carbocycles. The first kappa shape index (κ1) is 14.8. The molecule has 0 spiro atoms. The number of hydrogen-bond acceptors (Lipinski definition) is 1. The largest absolute Gasteiger partial charge is 0.299 e. The maximum absolute atomic E-state index is 3.52. The minimum absolute atomic E-state index is 0.699. The molecule has 0 aliphatic carbocycles. The van der Waals surface area contributed by atoms with Gasteiger partial charge in [-0.2, -0.15) is 0 Å². The molecule has 2 aromatic carbocycles. The maximum Gasteiger partial charge on any atom is 0.0233 e. The van der Waals surface area contributed by atoms with Crippen molar-refractivity contribution in [1.82, 2.24) is 4.90 Å². The SMILES string of the molecule is C[C@@H]1CN(Cc2ccccc2)CC[C@@H]1c1ccc(Br)cc1. The number of benzene rings is 2. The van der Waals surface area contributed by atoms with Gasteiger partial charge in [-0.1, -0.05) is 65.3 Å². The highest BCUT2D eigenvalue weighted by molar-refractivity contribution is 9.10. The highest BCUT2D eigenvalue weighted by Gasteiger charge is 2.27. The summed E-state index contributed by atoms with van der Waals surface area (Å²) in [5.74, 6) is 1.41. The molecule has 3 rings (SSSR count). The minimum Gasteiger partial charge on any atom is -0.299 e. The van der Waals surface area contributed by atoms with Gasteiger partial charge in [0.05, 0.1) is 0 Å². The summed E-state index contributed by atoms with van der Waals surface area (Å²) in [5, 5.41) is 0. The average molecular weight is 344 g/mol. The van der Waals surface area contributed by atoms with Gasteiger partial charge < -0.3 is 0 Å². The average Bonchev–Trinajstić information content (AvgIpc) is 2.50. The van der Waals surface area contributed by atoms with E-state index in [0.29, 0.717) is 11.8 Å². The van der Waals surface area contributed by atoms with Crippen LogP contribution >= 0.6 is 15.9 Å². The predicted octanol–water partition coefficient (Wildman–Crippen LogP) is 5.07. The number of hydrogen-bond donors (Lipinski definition) is 0. The molecule has 1 saturated heterocycles. The summed E-state index contributed by atoms with van der Waals surface area (Å²) in [6.45, 7) is 5.86. The molecule has 1 fully saturated rings. The Hall–Kier alpha value is -1.12. The van der Waals surface area contributed by atoms with Crippen LogP contribution in [0.15, 0.2) is 59.1 Å². The van der Waals surface area contributed by atoms with E-state index < -0.39 is 0 Å². The Kier molecular flexibility index (Phi) is 4.77. The number of nitrogens with zero attached hydrogens (tertiary/aromatic N) is 1. The molecule has 2 atom stereocenters. The lowest BCUT2D eigenvalue weighted by molar-refractivity contribution is 0.156. The third kappa shape index (κ3) is 3.75. The fourth-order valence-corrected chi connectivity index (χ4v) is 3.69. The van der Waals surface area contributed by atoms with Gasteiger partial charge >= 0.3 is 0 Å². The first-order valence-electron chi connectivity index (χ1n) is 7.74. The summed E-state index contributed by atoms with van der Waals surface area (Å²) in [5.41, 5.74) is 2.91. The molecule has 1 nitrogen and oxygen atoms in total.